The Kier molecular flexibility index (Phi) is 4.50. The Bertz CT molecular complexity index is 637. The van der Waals surface area contributed by atoms with Gasteiger partial charge in [0, 0.05) is 11.6 Å². The fourth-order valence-electron chi connectivity index (χ4n) is 1.75. The van der Waals surface area contributed by atoms with Crippen LogP contribution in [0.5, 0.6) is 23.0 Å². The van der Waals surface area contributed by atoms with E-state index in [1.807, 2.05) is 0 Å². The van der Waals surface area contributed by atoms with Gasteiger partial charge >= 0.3 is 0 Å². The molecular weight excluding hydrogens is 274 g/mol. The van der Waals surface area contributed by atoms with E-state index in [4.69, 9.17) is 14.7 Å². The van der Waals surface area contributed by atoms with Crippen LogP contribution in [0.1, 0.15) is 5.56 Å². The molecule has 0 heterocycles. The third-order valence-electron chi connectivity index (χ3n) is 2.85. The first-order chi connectivity index (χ1) is 10.1. The molecule has 6 heteroatoms. The first-order valence-corrected chi connectivity index (χ1v) is 6.14. The van der Waals surface area contributed by atoms with Gasteiger partial charge in [-0.05, 0) is 36.4 Å². The molecule has 0 fully saturated rings. The molecule has 6 nitrogen and oxygen atoms in total. The minimum absolute atomic E-state index is 0.0405. The third-order valence-corrected chi connectivity index (χ3v) is 2.85. The molecule has 0 amide bonds. The van der Waals surface area contributed by atoms with Gasteiger partial charge < -0.3 is 24.9 Å². The number of rotatable bonds is 5. The molecule has 0 unspecified atom stereocenters. The number of hydrogen-bond donors (Lipinski definition) is 3. The van der Waals surface area contributed by atoms with Crippen LogP contribution in [0, 0.1) is 0 Å². The lowest BCUT2D eigenvalue weighted by Crippen LogP contribution is -2.13. The van der Waals surface area contributed by atoms with Crippen molar-refractivity contribution in [2.45, 2.75) is 0 Å². The largest absolute Gasteiger partial charge is 0.508 e. The van der Waals surface area contributed by atoms with Crippen LogP contribution >= 0.6 is 0 Å². The van der Waals surface area contributed by atoms with Crippen molar-refractivity contribution in [1.82, 2.24) is 0 Å². The maximum absolute atomic E-state index is 9.73. The van der Waals surface area contributed by atoms with Crippen molar-refractivity contribution in [3.8, 4) is 23.0 Å². The number of aromatic hydroxyl groups is 2. The van der Waals surface area contributed by atoms with Gasteiger partial charge in [0.2, 0.25) is 0 Å². The minimum atomic E-state index is -0.193. The van der Waals surface area contributed by atoms with E-state index < -0.39 is 0 Å². The number of phenols is 2. The van der Waals surface area contributed by atoms with E-state index in [1.165, 1.54) is 12.1 Å². The second-order valence-corrected chi connectivity index (χ2v) is 4.21. The fraction of sp³-hybridized carbons (Fsp3) is 0.133. The van der Waals surface area contributed by atoms with Crippen LogP contribution in [-0.2, 0) is 0 Å². The average molecular weight is 289 g/mol. The van der Waals surface area contributed by atoms with Crippen LogP contribution in [0.25, 0.3) is 0 Å². The normalized spacial score (nSPS) is 11.2. The van der Waals surface area contributed by atoms with Crippen molar-refractivity contribution < 1.29 is 24.9 Å². The van der Waals surface area contributed by atoms with Crippen LogP contribution in [0.4, 0.5) is 0 Å². The van der Waals surface area contributed by atoms with Gasteiger partial charge in [0.1, 0.15) is 35.3 Å². The Labute approximate surface area is 121 Å². The summed E-state index contributed by atoms with van der Waals surface area (Å²) in [7, 11) is 1.57. The van der Waals surface area contributed by atoms with Gasteiger partial charge in [0.15, 0.2) is 0 Å². The van der Waals surface area contributed by atoms with Crippen molar-refractivity contribution in [2.24, 2.45) is 5.16 Å². The molecule has 0 spiro atoms. The van der Waals surface area contributed by atoms with Crippen molar-refractivity contribution in [3.63, 3.8) is 0 Å². The van der Waals surface area contributed by atoms with Gasteiger partial charge in [-0.1, -0.05) is 5.16 Å². The molecule has 2 aromatic carbocycles. The smallest absolute Gasteiger partial charge is 0.134 e. The van der Waals surface area contributed by atoms with Crippen molar-refractivity contribution in [1.29, 1.82) is 0 Å². The Morgan fingerprint density at radius 1 is 1.05 bits per heavy atom. The van der Waals surface area contributed by atoms with Crippen LogP contribution in [0.15, 0.2) is 47.6 Å². The Morgan fingerprint density at radius 2 is 1.71 bits per heavy atom. The molecule has 0 saturated heterocycles. The topological polar surface area (TPSA) is 91.5 Å². The molecule has 0 bridgehead atoms. The Hall–Kier alpha value is -2.89. The van der Waals surface area contributed by atoms with Gasteiger partial charge in [-0.15, -0.1) is 0 Å². The second-order valence-electron chi connectivity index (χ2n) is 4.21. The van der Waals surface area contributed by atoms with E-state index in [0.29, 0.717) is 11.5 Å². The zero-order valence-electron chi connectivity index (χ0n) is 11.4. The molecule has 0 aliphatic carbocycles. The monoisotopic (exact) mass is 289 g/mol. The van der Waals surface area contributed by atoms with Gasteiger partial charge in [0.05, 0.1) is 7.11 Å². The summed E-state index contributed by atoms with van der Waals surface area (Å²) in [6.45, 7) is -0.0405. The molecule has 0 radical (unpaired) electrons. The molecule has 2 aromatic rings. The van der Waals surface area contributed by atoms with E-state index in [9.17, 15) is 10.2 Å². The highest BCUT2D eigenvalue weighted by Crippen LogP contribution is 2.24. The van der Waals surface area contributed by atoms with Gasteiger partial charge in [-0.2, -0.15) is 0 Å². The summed E-state index contributed by atoms with van der Waals surface area (Å²) in [4.78, 5) is 0. The summed E-state index contributed by atoms with van der Waals surface area (Å²) in [5, 5.41) is 31.1. The van der Waals surface area contributed by atoms with E-state index >= 15 is 0 Å². The maximum Gasteiger partial charge on any atom is 0.134 e. The molecule has 0 aliphatic rings. The van der Waals surface area contributed by atoms with Gasteiger partial charge in [-0.25, -0.2) is 0 Å². The number of oxime groups is 1. The molecule has 0 aromatic heterocycles. The number of hydrogen-bond acceptors (Lipinski definition) is 6. The van der Waals surface area contributed by atoms with Crippen molar-refractivity contribution in [2.75, 3.05) is 13.7 Å². The maximum atomic E-state index is 9.73. The molecule has 21 heavy (non-hydrogen) atoms. The van der Waals surface area contributed by atoms with E-state index in [2.05, 4.69) is 5.16 Å². The Morgan fingerprint density at radius 3 is 2.29 bits per heavy atom. The van der Waals surface area contributed by atoms with Gasteiger partial charge in [-0.3, -0.25) is 0 Å². The van der Waals surface area contributed by atoms with Crippen molar-refractivity contribution >= 4 is 5.71 Å². The van der Waals surface area contributed by atoms with E-state index in [1.54, 1.807) is 31.4 Å². The molecule has 3 N–H and O–H groups in total. The summed E-state index contributed by atoms with van der Waals surface area (Å²) in [6, 6.07) is 10.9. The first-order valence-electron chi connectivity index (χ1n) is 6.14. The number of benzene rings is 2. The molecule has 2 rings (SSSR count). The third kappa shape index (κ3) is 3.56. The van der Waals surface area contributed by atoms with Crippen LogP contribution < -0.4 is 9.47 Å². The highest BCUT2D eigenvalue weighted by Gasteiger charge is 2.11. The van der Waals surface area contributed by atoms with E-state index in [0.717, 1.165) is 6.07 Å². The van der Waals surface area contributed by atoms with Crippen LogP contribution in [0.2, 0.25) is 0 Å². The quantitative estimate of drug-likeness (QED) is 0.446. The number of ether oxygens (including phenoxy) is 2. The lowest BCUT2D eigenvalue weighted by atomic mass is 10.1. The number of phenolic OH excluding ortho intramolecular Hbond substituents is 2. The summed E-state index contributed by atoms with van der Waals surface area (Å²) in [6.07, 6.45) is 0. The molecule has 0 aliphatic heterocycles. The lowest BCUT2D eigenvalue weighted by Gasteiger charge is -2.10. The number of methoxy groups -OCH3 is 1. The predicted molar refractivity (Wildman–Crippen MR) is 76.6 cm³/mol. The molecule has 0 saturated carbocycles. The van der Waals surface area contributed by atoms with Crippen LogP contribution in [-0.4, -0.2) is 34.8 Å². The zero-order chi connectivity index (χ0) is 15.2. The van der Waals surface area contributed by atoms with E-state index in [-0.39, 0.29) is 29.4 Å². The average Bonchev–Trinajstić information content (AvgIpc) is 2.50. The summed E-state index contributed by atoms with van der Waals surface area (Å²) < 4.78 is 10.5. The van der Waals surface area contributed by atoms with Crippen LogP contribution in [0.3, 0.4) is 0 Å². The fourth-order valence-corrected chi connectivity index (χ4v) is 1.75. The summed E-state index contributed by atoms with van der Waals surface area (Å²) in [5.74, 6) is 0.996. The highest BCUT2D eigenvalue weighted by atomic mass is 16.5. The van der Waals surface area contributed by atoms with Crippen molar-refractivity contribution in [3.05, 3.63) is 48.0 Å². The lowest BCUT2D eigenvalue weighted by molar-refractivity contribution is 0.307. The molecule has 0 atom stereocenters. The molecular formula is C15H15NO5. The zero-order valence-corrected chi connectivity index (χ0v) is 11.4. The second kappa shape index (κ2) is 6.51. The predicted octanol–water partition coefficient (Wildman–Crippen LogP) is 2.36. The SMILES string of the molecule is COc1ccc(OC/C(=N\O)c2ccc(O)cc2O)cc1. The highest BCUT2D eigenvalue weighted by molar-refractivity contribution is 6.03. The number of nitrogens with zero attached hydrogens (tertiary/aromatic N) is 1. The summed E-state index contributed by atoms with van der Waals surface area (Å²) >= 11 is 0. The standard InChI is InChI=1S/C15H15NO5/c1-20-11-3-5-12(6-4-11)21-9-14(16-19)13-7-2-10(17)8-15(13)18/h2-8,17-19H,9H2,1H3/b16-14+. The first kappa shape index (κ1) is 14.5. The minimum Gasteiger partial charge on any atom is -0.508 e. The van der Waals surface area contributed by atoms with Gasteiger partial charge in [0.25, 0.3) is 0 Å². The molecule has 110 valence electrons. The Balaban J connectivity index is 2.09. The summed E-state index contributed by atoms with van der Waals surface area (Å²) in [5.41, 5.74) is 0.423.